The largest absolute Gasteiger partial charge is 0.508 e. The molecule has 0 saturated heterocycles. The third-order valence-electron chi connectivity index (χ3n) is 4.85. The number of carbonyl (C=O) groups is 2. The van der Waals surface area contributed by atoms with E-state index in [1.807, 2.05) is 38.1 Å². The smallest absolute Gasteiger partial charge is 0.421 e. The predicted octanol–water partition coefficient (Wildman–Crippen LogP) is 4.64. The number of rotatable bonds is 8. The van der Waals surface area contributed by atoms with Gasteiger partial charge in [0.2, 0.25) is 5.91 Å². The number of nitrogens with zero attached hydrogens (tertiary/aromatic N) is 1. The standard InChI is InChI=1S/C24H31N3O4/c1-6-9-22(23(26-25-5)19-12-14-20(29)15-13-19)27(18(4)28)24(30)31-17(3)21-11-8-7-10-16(21)2/h7-8,10-15,17,25-26,29H,6,9H2,1-5H3/b23-22+. The van der Waals surface area contributed by atoms with Gasteiger partial charge in [0, 0.05) is 19.5 Å². The van der Waals surface area contributed by atoms with Gasteiger partial charge in [-0.1, -0.05) is 37.6 Å². The van der Waals surface area contributed by atoms with Gasteiger partial charge in [-0.05, 0) is 55.7 Å². The van der Waals surface area contributed by atoms with Crippen LogP contribution in [0.5, 0.6) is 5.75 Å². The van der Waals surface area contributed by atoms with E-state index >= 15 is 0 Å². The molecular weight excluding hydrogens is 394 g/mol. The normalized spacial score (nSPS) is 12.5. The molecule has 0 fully saturated rings. The number of phenols is 1. The maximum absolute atomic E-state index is 13.2. The zero-order valence-corrected chi connectivity index (χ0v) is 18.7. The molecule has 0 aliphatic rings. The summed E-state index contributed by atoms with van der Waals surface area (Å²) in [5.41, 5.74) is 9.53. The van der Waals surface area contributed by atoms with Crippen LogP contribution in [0.4, 0.5) is 4.79 Å². The van der Waals surface area contributed by atoms with E-state index in [0.717, 1.165) is 16.0 Å². The van der Waals surface area contributed by atoms with Crippen LogP contribution in [-0.4, -0.2) is 29.1 Å². The van der Waals surface area contributed by atoms with Crippen LogP contribution in [0.3, 0.4) is 0 Å². The molecule has 1 atom stereocenters. The molecule has 0 aliphatic carbocycles. The Morgan fingerprint density at radius 2 is 1.77 bits per heavy atom. The summed E-state index contributed by atoms with van der Waals surface area (Å²) in [4.78, 5) is 26.8. The van der Waals surface area contributed by atoms with E-state index in [-0.39, 0.29) is 5.75 Å². The minimum atomic E-state index is -0.735. The third kappa shape index (κ3) is 6.08. The maximum Gasteiger partial charge on any atom is 0.421 e. The molecule has 2 rings (SSSR count). The molecular formula is C24H31N3O4. The summed E-state index contributed by atoms with van der Waals surface area (Å²) in [6.07, 6.45) is -0.0981. The monoisotopic (exact) mass is 425 g/mol. The van der Waals surface area contributed by atoms with Crippen LogP contribution in [0.25, 0.3) is 5.70 Å². The Kier molecular flexibility index (Phi) is 8.63. The Morgan fingerprint density at radius 1 is 1.13 bits per heavy atom. The second-order valence-electron chi connectivity index (χ2n) is 7.23. The average Bonchev–Trinajstić information content (AvgIpc) is 2.72. The quantitative estimate of drug-likeness (QED) is 0.534. The van der Waals surface area contributed by atoms with Gasteiger partial charge in [-0.2, -0.15) is 0 Å². The van der Waals surface area contributed by atoms with Gasteiger partial charge in [0.1, 0.15) is 11.9 Å². The molecule has 1 unspecified atom stereocenters. The zero-order valence-electron chi connectivity index (χ0n) is 18.7. The number of allylic oxidation sites excluding steroid dienone is 1. The molecule has 0 spiro atoms. The lowest BCUT2D eigenvalue weighted by Crippen LogP contribution is -2.39. The first-order valence-corrected chi connectivity index (χ1v) is 10.3. The van der Waals surface area contributed by atoms with Crippen molar-refractivity contribution in [2.45, 2.75) is 46.6 Å². The highest BCUT2D eigenvalue weighted by atomic mass is 16.6. The molecule has 7 heteroatoms. The summed E-state index contributed by atoms with van der Waals surface area (Å²) < 4.78 is 5.70. The highest BCUT2D eigenvalue weighted by Crippen LogP contribution is 2.27. The molecule has 0 aromatic heterocycles. The van der Waals surface area contributed by atoms with Gasteiger partial charge < -0.3 is 15.3 Å². The van der Waals surface area contributed by atoms with E-state index in [1.165, 1.54) is 6.92 Å². The molecule has 7 nitrogen and oxygen atoms in total. The zero-order chi connectivity index (χ0) is 23.0. The molecule has 2 amide bonds. The van der Waals surface area contributed by atoms with E-state index in [2.05, 4.69) is 10.9 Å². The number of hydrogen-bond donors (Lipinski definition) is 3. The maximum atomic E-state index is 13.2. The van der Waals surface area contributed by atoms with Crippen LogP contribution >= 0.6 is 0 Å². The van der Waals surface area contributed by atoms with E-state index in [9.17, 15) is 14.7 Å². The second-order valence-corrected chi connectivity index (χ2v) is 7.23. The Labute approximate surface area is 183 Å². The lowest BCUT2D eigenvalue weighted by atomic mass is 10.0. The second kappa shape index (κ2) is 11.2. The minimum absolute atomic E-state index is 0.125. The number of ether oxygens (including phenoxy) is 1. The molecule has 0 radical (unpaired) electrons. The van der Waals surface area contributed by atoms with Gasteiger partial charge in [0.25, 0.3) is 0 Å². The van der Waals surface area contributed by atoms with Crippen molar-refractivity contribution in [1.29, 1.82) is 0 Å². The molecule has 2 aromatic carbocycles. The van der Waals surface area contributed by atoms with Gasteiger partial charge in [-0.15, -0.1) is 0 Å². The lowest BCUT2D eigenvalue weighted by molar-refractivity contribution is -0.125. The van der Waals surface area contributed by atoms with E-state index in [0.29, 0.717) is 29.8 Å². The van der Waals surface area contributed by atoms with Crippen molar-refractivity contribution < 1.29 is 19.4 Å². The van der Waals surface area contributed by atoms with Crippen molar-refractivity contribution in [3.05, 3.63) is 70.9 Å². The van der Waals surface area contributed by atoms with Gasteiger partial charge in [-0.25, -0.2) is 15.1 Å². The van der Waals surface area contributed by atoms with Gasteiger partial charge in [0.15, 0.2) is 0 Å². The number of benzene rings is 2. The van der Waals surface area contributed by atoms with Crippen LogP contribution in [0.1, 0.15) is 56.4 Å². The SMILES string of the molecule is CCC/C(=C(\NNC)c1ccc(O)cc1)N(C(C)=O)C(=O)OC(C)c1ccccc1C. The number of aryl methyl sites for hydroxylation is 1. The van der Waals surface area contributed by atoms with Crippen LogP contribution in [0.2, 0.25) is 0 Å². The van der Waals surface area contributed by atoms with Crippen molar-refractivity contribution in [2.75, 3.05) is 7.05 Å². The Bertz CT molecular complexity index is 938. The highest BCUT2D eigenvalue weighted by Gasteiger charge is 2.29. The average molecular weight is 426 g/mol. The number of aromatic hydroxyl groups is 1. The van der Waals surface area contributed by atoms with Crippen LogP contribution in [0.15, 0.2) is 54.2 Å². The number of hydrazine groups is 1. The number of hydrogen-bond acceptors (Lipinski definition) is 6. The fourth-order valence-electron chi connectivity index (χ4n) is 3.39. The van der Waals surface area contributed by atoms with Crippen LogP contribution in [0, 0.1) is 6.92 Å². The molecule has 0 saturated carbocycles. The Hall–Kier alpha value is -3.32. The summed E-state index contributed by atoms with van der Waals surface area (Å²) in [5.74, 6) is -0.320. The molecule has 3 N–H and O–H groups in total. The number of nitrogens with one attached hydrogen (secondary N) is 2. The fourth-order valence-corrected chi connectivity index (χ4v) is 3.39. The summed E-state index contributed by atoms with van der Waals surface area (Å²) >= 11 is 0. The Morgan fingerprint density at radius 3 is 2.32 bits per heavy atom. The van der Waals surface area contributed by atoms with Crippen molar-refractivity contribution in [3.8, 4) is 5.75 Å². The van der Waals surface area contributed by atoms with Crippen molar-refractivity contribution in [2.24, 2.45) is 0 Å². The predicted molar refractivity (Wildman–Crippen MR) is 121 cm³/mol. The van der Waals surface area contributed by atoms with E-state index in [1.54, 1.807) is 38.2 Å². The first-order valence-electron chi connectivity index (χ1n) is 10.3. The van der Waals surface area contributed by atoms with E-state index in [4.69, 9.17) is 4.74 Å². The molecule has 31 heavy (non-hydrogen) atoms. The lowest BCUT2D eigenvalue weighted by Gasteiger charge is -2.27. The highest BCUT2D eigenvalue weighted by molar-refractivity contribution is 5.94. The number of phenolic OH excluding ortho intramolecular Hbond substituents is 1. The third-order valence-corrected chi connectivity index (χ3v) is 4.85. The first-order chi connectivity index (χ1) is 14.8. The number of imide groups is 1. The molecule has 0 bridgehead atoms. The summed E-state index contributed by atoms with van der Waals surface area (Å²) in [6, 6.07) is 14.2. The van der Waals surface area contributed by atoms with Gasteiger partial charge >= 0.3 is 6.09 Å². The van der Waals surface area contributed by atoms with Crippen molar-refractivity contribution in [1.82, 2.24) is 15.8 Å². The minimum Gasteiger partial charge on any atom is -0.508 e. The van der Waals surface area contributed by atoms with Crippen LogP contribution < -0.4 is 10.9 Å². The van der Waals surface area contributed by atoms with Crippen molar-refractivity contribution in [3.63, 3.8) is 0 Å². The Balaban J connectivity index is 2.48. The summed E-state index contributed by atoms with van der Waals surface area (Å²) in [7, 11) is 1.70. The molecule has 166 valence electrons. The first kappa shape index (κ1) is 24.0. The topological polar surface area (TPSA) is 90.9 Å². The number of carbonyl (C=O) groups excluding carboxylic acids is 2. The summed E-state index contributed by atoms with van der Waals surface area (Å²) in [6.45, 7) is 7.04. The molecule has 2 aromatic rings. The molecule has 0 heterocycles. The molecule has 0 aliphatic heterocycles. The van der Waals surface area contributed by atoms with Crippen molar-refractivity contribution >= 4 is 17.7 Å². The fraction of sp³-hybridized carbons (Fsp3) is 0.333. The van der Waals surface area contributed by atoms with Crippen LogP contribution in [-0.2, 0) is 9.53 Å². The van der Waals surface area contributed by atoms with E-state index < -0.39 is 18.1 Å². The van der Waals surface area contributed by atoms with Gasteiger partial charge in [0.05, 0.1) is 11.4 Å². The number of amides is 2. The summed E-state index contributed by atoms with van der Waals surface area (Å²) in [5, 5.41) is 9.63. The van der Waals surface area contributed by atoms with Gasteiger partial charge in [-0.3, -0.25) is 4.79 Å².